The van der Waals surface area contributed by atoms with Crippen LogP contribution in [0.3, 0.4) is 0 Å². The van der Waals surface area contributed by atoms with Gasteiger partial charge in [0.2, 0.25) is 0 Å². The molecule has 3 aromatic carbocycles. The second kappa shape index (κ2) is 7.00. The zero-order valence-corrected chi connectivity index (χ0v) is 13.9. The van der Waals surface area contributed by atoms with E-state index in [0.717, 1.165) is 18.4 Å². The molecule has 0 heterocycles. The van der Waals surface area contributed by atoms with Crippen LogP contribution in [0.2, 0.25) is 0 Å². The highest BCUT2D eigenvalue weighted by Crippen LogP contribution is 2.32. The first-order valence-corrected chi connectivity index (χ1v) is 8.28. The Balaban J connectivity index is 2.08. The Morgan fingerprint density at radius 2 is 1.62 bits per heavy atom. The Kier molecular flexibility index (Phi) is 4.79. The fraction of sp³-hybridized carbons (Fsp3) is 0.238. The van der Waals surface area contributed by atoms with Gasteiger partial charge < -0.3 is 4.74 Å². The second-order valence-corrected chi connectivity index (χ2v) is 5.81. The Morgan fingerprint density at radius 3 is 2.29 bits per heavy atom. The summed E-state index contributed by atoms with van der Waals surface area (Å²) < 4.78 is 34.5. The summed E-state index contributed by atoms with van der Waals surface area (Å²) in [6.07, 6.45) is 1.83. The summed E-state index contributed by atoms with van der Waals surface area (Å²) in [4.78, 5) is 0. The molecule has 0 amide bonds. The van der Waals surface area contributed by atoms with Crippen LogP contribution in [-0.4, -0.2) is 6.61 Å². The largest absolute Gasteiger partial charge is 0.494 e. The van der Waals surface area contributed by atoms with E-state index in [9.17, 15) is 8.78 Å². The summed E-state index contributed by atoms with van der Waals surface area (Å²) in [5.74, 6) is -0.873. The lowest BCUT2D eigenvalue weighted by Gasteiger charge is -2.10. The lowest BCUT2D eigenvalue weighted by atomic mass is 9.97. The molecule has 0 aliphatic carbocycles. The normalized spacial score (nSPS) is 11.0. The molecule has 3 rings (SSSR count). The van der Waals surface area contributed by atoms with Gasteiger partial charge in [0.05, 0.1) is 6.61 Å². The molecule has 0 fully saturated rings. The molecule has 0 saturated heterocycles. The monoisotopic (exact) mass is 326 g/mol. The van der Waals surface area contributed by atoms with Crippen LogP contribution in [0.25, 0.3) is 21.9 Å². The fourth-order valence-corrected chi connectivity index (χ4v) is 2.93. The van der Waals surface area contributed by atoms with Gasteiger partial charge in [0.25, 0.3) is 0 Å². The lowest BCUT2D eigenvalue weighted by Crippen LogP contribution is -1.95. The number of hydrogen-bond donors (Lipinski definition) is 0. The minimum absolute atomic E-state index is 0.270. The van der Waals surface area contributed by atoms with E-state index in [4.69, 9.17) is 4.74 Å². The zero-order valence-electron chi connectivity index (χ0n) is 13.9. The van der Waals surface area contributed by atoms with Crippen LogP contribution in [0.4, 0.5) is 8.78 Å². The van der Waals surface area contributed by atoms with Crippen LogP contribution in [0.1, 0.15) is 25.8 Å². The first-order chi connectivity index (χ1) is 11.6. The number of benzene rings is 3. The maximum atomic E-state index is 14.6. The zero-order chi connectivity index (χ0) is 17.1. The van der Waals surface area contributed by atoms with Gasteiger partial charge in [0.15, 0.2) is 11.6 Å². The third-order valence-corrected chi connectivity index (χ3v) is 4.10. The van der Waals surface area contributed by atoms with E-state index >= 15 is 0 Å². The van der Waals surface area contributed by atoms with Gasteiger partial charge in [-0.2, -0.15) is 0 Å². The Hall–Kier alpha value is -2.42. The van der Waals surface area contributed by atoms with Crippen molar-refractivity contribution in [2.45, 2.75) is 26.7 Å². The molecule has 0 unspecified atom stereocenters. The summed E-state index contributed by atoms with van der Waals surface area (Å²) in [5, 5.41) is 1.05. The van der Waals surface area contributed by atoms with Gasteiger partial charge in [-0.25, -0.2) is 8.78 Å². The van der Waals surface area contributed by atoms with E-state index < -0.39 is 11.6 Å². The van der Waals surface area contributed by atoms with Crippen molar-refractivity contribution in [2.24, 2.45) is 0 Å². The van der Waals surface area contributed by atoms with Gasteiger partial charge in [-0.1, -0.05) is 37.6 Å². The topological polar surface area (TPSA) is 9.23 Å². The van der Waals surface area contributed by atoms with Crippen LogP contribution in [0, 0.1) is 11.6 Å². The van der Waals surface area contributed by atoms with E-state index in [1.165, 1.54) is 0 Å². The smallest absolute Gasteiger partial charge is 0.167 e. The molecule has 0 aromatic heterocycles. The second-order valence-electron chi connectivity index (χ2n) is 5.81. The number of halogens is 2. The molecule has 3 heteroatoms. The highest BCUT2D eigenvalue weighted by Gasteiger charge is 2.15. The summed E-state index contributed by atoms with van der Waals surface area (Å²) in [7, 11) is 0. The molecular weight excluding hydrogens is 306 g/mol. The standard InChI is InChI=1S/C21H20F2O/c1-3-5-14-6-7-16-13-19(21(23)20(22)18(16)12-14)15-8-10-17(11-9-15)24-4-2/h6-13H,3-5H2,1-2H3. The minimum atomic E-state index is -0.805. The summed E-state index contributed by atoms with van der Waals surface area (Å²) >= 11 is 0. The molecular formula is C21H20F2O. The first-order valence-electron chi connectivity index (χ1n) is 8.28. The third kappa shape index (κ3) is 3.12. The maximum absolute atomic E-state index is 14.6. The molecule has 24 heavy (non-hydrogen) atoms. The van der Waals surface area contributed by atoms with Crippen LogP contribution in [0.5, 0.6) is 5.75 Å². The quantitative estimate of drug-likeness (QED) is 0.547. The van der Waals surface area contributed by atoms with E-state index in [-0.39, 0.29) is 5.56 Å². The Labute approximate surface area is 140 Å². The van der Waals surface area contributed by atoms with Crippen LogP contribution < -0.4 is 4.74 Å². The highest BCUT2D eigenvalue weighted by atomic mass is 19.2. The van der Waals surface area contributed by atoms with E-state index in [1.54, 1.807) is 36.4 Å². The maximum Gasteiger partial charge on any atom is 0.167 e. The van der Waals surface area contributed by atoms with Crippen molar-refractivity contribution >= 4 is 10.8 Å². The molecule has 0 bridgehead atoms. The lowest BCUT2D eigenvalue weighted by molar-refractivity contribution is 0.340. The summed E-state index contributed by atoms with van der Waals surface area (Å²) in [6, 6.07) is 14.3. The molecule has 0 saturated carbocycles. The highest BCUT2D eigenvalue weighted by molar-refractivity contribution is 5.89. The molecule has 0 radical (unpaired) electrons. The van der Waals surface area contributed by atoms with E-state index in [1.807, 2.05) is 19.1 Å². The summed E-state index contributed by atoms with van der Waals surface area (Å²) in [5.41, 5.74) is 1.93. The predicted molar refractivity (Wildman–Crippen MR) is 94.5 cm³/mol. The van der Waals surface area contributed by atoms with Gasteiger partial charge in [-0.15, -0.1) is 0 Å². The van der Waals surface area contributed by atoms with Crippen LogP contribution in [0.15, 0.2) is 48.5 Å². The van der Waals surface area contributed by atoms with Crippen molar-refractivity contribution in [2.75, 3.05) is 6.61 Å². The van der Waals surface area contributed by atoms with Crippen LogP contribution in [-0.2, 0) is 6.42 Å². The molecule has 0 aliphatic heterocycles. The summed E-state index contributed by atoms with van der Waals surface area (Å²) in [6.45, 7) is 4.54. The SMILES string of the molecule is CCCc1ccc2cc(-c3ccc(OCC)cc3)c(F)c(F)c2c1. The third-order valence-electron chi connectivity index (χ3n) is 4.10. The predicted octanol–water partition coefficient (Wildman–Crippen LogP) is 6.14. The Morgan fingerprint density at radius 1 is 0.875 bits per heavy atom. The van der Waals surface area contributed by atoms with Crippen molar-refractivity contribution < 1.29 is 13.5 Å². The van der Waals surface area contributed by atoms with Crippen molar-refractivity contribution in [3.63, 3.8) is 0 Å². The molecule has 0 spiro atoms. The van der Waals surface area contributed by atoms with Gasteiger partial charge >= 0.3 is 0 Å². The van der Waals surface area contributed by atoms with Crippen LogP contribution >= 0.6 is 0 Å². The number of rotatable bonds is 5. The van der Waals surface area contributed by atoms with E-state index in [0.29, 0.717) is 28.7 Å². The average molecular weight is 326 g/mol. The number of aryl methyl sites for hydroxylation is 1. The number of hydrogen-bond acceptors (Lipinski definition) is 1. The molecule has 0 atom stereocenters. The Bertz CT molecular complexity index is 854. The van der Waals surface area contributed by atoms with Crippen molar-refractivity contribution in [1.82, 2.24) is 0 Å². The van der Waals surface area contributed by atoms with Gasteiger partial charge in [-0.3, -0.25) is 0 Å². The molecule has 0 aliphatic rings. The van der Waals surface area contributed by atoms with Crippen molar-refractivity contribution in [3.05, 3.63) is 65.7 Å². The fourth-order valence-electron chi connectivity index (χ4n) is 2.93. The van der Waals surface area contributed by atoms with Gasteiger partial charge in [0.1, 0.15) is 5.75 Å². The minimum Gasteiger partial charge on any atom is -0.494 e. The first kappa shape index (κ1) is 16.4. The van der Waals surface area contributed by atoms with Gasteiger partial charge in [0, 0.05) is 10.9 Å². The van der Waals surface area contributed by atoms with E-state index in [2.05, 4.69) is 6.92 Å². The van der Waals surface area contributed by atoms with Gasteiger partial charge in [-0.05, 0) is 54.1 Å². The molecule has 124 valence electrons. The number of ether oxygens (including phenoxy) is 1. The molecule has 1 nitrogen and oxygen atoms in total. The molecule has 3 aromatic rings. The van der Waals surface area contributed by atoms with Crippen molar-refractivity contribution in [1.29, 1.82) is 0 Å². The molecule has 0 N–H and O–H groups in total. The average Bonchev–Trinajstić information content (AvgIpc) is 2.60. The van der Waals surface area contributed by atoms with Crippen molar-refractivity contribution in [3.8, 4) is 16.9 Å². The number of fused-ring (bicyclic) bond motifs is 1.